The first kappa shape index (κ1) is 9.70. The van der Waals surface area contributed by atoms with Crippen LogP contribution in [0.1, 0.15) is 26.2 Å². The van der Waals surface area contributed by atoms with Gasteiger partial charge in [-0.3, -0.25) is 4.79 Å². The number of ether oxygens (including phenoxy) is 1. The second-order valence-corrected chi connectivity index (χ2v) is 4.38. The molecule has 0 aromatic carbocycles. The molecule has 0 amide bonds. The van der Waals surface area contributed by atoms with Crippen LogP contribution in [0.4, 0.5) is 0 Å². The maximum Gasteiger partial charge on any atom is 0.142 e. The normalized spacial score (nSPS) is 46.4. The van der Waals surface area contributed by atoms with Crippen LogP contribution in [0.2, 0.25) is 0 Å². The third-order valence-corrected chi connectivity index (χ3v) is 3.63. The Balaban J connectivity index is 2.33. The first-order valence-electron chi connectivity index (χ1n) is 4.85. The Morgan fingerprint density at radius 3 is 2.93 bits per heavy atom. The van der Waals surface area contributed by atoms with E-state index in [9.17, 15) is 9.90 Å². The van der Waals surface area contributed by atoms with Crippen molar-refractivity contribution in [1.29, 1.82) is 0 Å². The number of Topliss-reactive ketones (excluding diaryl/α,β-unsaturated/α-hetero) is 1. The molecule has 1 heterocycles. The largest absolute Gasteiger partial charge is 0.386 e. The summed E-state index contributed by atoms with van der Waals surface area (Å²) in [5.74, 6) is 2.55. The van der Waals surface area contributed by atoms with Crippen LogP contribution in [-0.2, 0) is 9.53 Å². The van der Waals surface area contributed by atoms with Crippen LogP contribution in [-0.4, -0.2) is 29.2 Å². The summed E-state index contributed by atoms with van der Waals surface area (Å²) in [6.07, 6.45) is 6.24. The van der Waals surface area contributed by atoms with Gasteiger partial charge in [0.2, 0.25) is 0 Å². The Morgan fingerprint density at radius 1 is 1.79 bits per heavy atom. The van der Waals surface area contributed by atoms with Gasteiger partial charge in [0.05, 0.1) is 12.0 Å². The molecule has 2 rings (SSSR count). The van der Waals surface area contributed by atoms with Crippen LogP contribution < -0.4 is 0 Å². The fraction of sp³-hybridized carbons (Fsp3) is 0.727. The van der Waals surface area contributed by atoms with Crippen molar-refractivity contribution in [2.45, 2.75) is 37.9 Å². The quantitative estimate of drug-likeness (QED) is 0.514. The minimum atomic E-state index is -1.03. The lowest BCUT2D eigenvalue weighted by molar-refractivity contribution is -0.136. The lowest BCUT2D eigenvalue weighted by atomic mass is 9.71. The van der Waals surface area contributed by atoms with Crippen LogP contribution in [0.3, 0.4) is 0 Å². The maximum atomic E-state index is 11.7. The number of carbonyl (C=O) groups is 1. The molecule has 2 aliphatic rings. The standard InChI is InChI=1S/C11H14O3/c1-3-5-10(2)8(12)4-6-11(10,13)9-7-14-9/h1,9,13H,4-7H2,2H3/t9-,10-,11-/m1/s1. The molecular weight excluding hydrogens is 180 g/mol. The van der Waals surface area contributed by atoms with Gasteiger partial charge in [-0.25, -0.2) is 0 Å². The lowest BCUT2D eigenvalue weighted by Gasteiger charge is -2.35. The van der Waals surface area contributed by atoms with Crippen molar-refractivity contribution in [1.82, 2.24) is 0 Å². The number of hydrogen-bond acceptors (Lipinski definition) is 3. The monoisotopic (exact) mass is 194 g/mol. The summed E-state index contributed by atoms with van der Waals surface area (Å²) in [6, 6.07) is 0. The average Bonchev–Trinajstić information content (AvgIpc) is 2.93. The molecule has 0 unspecified atom stereocenters. The Morgan fingerprint density at radius 2 is 2.43 bits per heavy atom. The molecule has 1 aliphatic heterocycles. The first-order chi connectivity index (χ1) is 6.54. The molecule has 0 radical (unpaired) electrons. The summed E-state index contributed by atoms with van der Waals surface area (Å²) in [5, 5.41) is 10.4. The predicted molar refractivity (Wildman–Crippen MR) is 50.5 cm³/mol. The zero-order valence-corrected chi connectivity index (χ0v) is 8.25. The lowest BCUT2D eigenvalue weighted by Crippen LogP contribution is -2.49. The van der Waals surface area contributed by atoms with E-state index >= 15 is 0 Å². The van der Waals surface area contributed by atoms with Crippen LogP contribution in [0.25, 0.3) is 0 Å². The van der Waals surface area contributed by atoms with Crippen LogP contribution in [0.15, 0.2) is 0 Å². The van der Waals surface area contributed by atoms with Gasteiger partial charge in [0.15, 0.2) is 0 Å². The van der Waals surface area contributed by atoms with Crippen molar-refractivity contribution in [2.24, 2.45) is 5.41 Å². The zero-order valence-electron chi connectivity index (χ0n) is 8.25. The second kappa shape index (κ2) is 2.82. The van der Waals surface area contributed by atoms with Crippen molar-refractivity contribution in [3.05, 3.63) is 0 Å². The van der Waals surface area contributed by atoms with Gasteiger partial charge in [0, 0.05) is 12.8 Å². The van der Waals surface area contributed by atoms with E-state index in [2.05, 4.69) is 5.92 Å². The Hall–Kier alpha value is -0.850. The number of epoxide rings is 1. The molecule has 3 heteroatoms. The highest BCUT2D eigenvalue weighted by Crippen LogP contribution is 2.51. The molecular formula is C11H14O3. The maximum absolute atomic E-state index is 11.7. The highest BCUT2D eigenvalue weighted by Gasteiger charge is 2.63. The fourth-order valence-corrected chi connectivity index (χ4v) is 2.39. The number of ketones is 1. The molecule has 1 saturated carbocycles. The number of terminal acetylenes is 1. The molecule has 76 valence electrons. The number of hydrogen-bond donors (Lipinski definition) is 1. The summed E-state index contributed by atoms with van der Waals surface area (Å²) in [5.41, 5.74) is -1.83. The van der Waals surface area contributed by atoms with Gasteiger partial charge in [-0.1, -0.05) is 0 Å². The minimum absolute atomic E-state index is 0.0634. The van der Waals surface area contributed by atoms with E-state index < -0.39 is 11.0 Å². The Kier molecular flexibility index (Phi) is 1.95. The highest BCUT2D eigenvalue weighted by molar-refractivity contribution is 5.89. The number of aliphatic hydroxyl groups is 1. The third kappa shape index (κ3) is 1.05. The van der Waals surface area contributed by atoms with Crippen molar-refractivity contribution in [2.75, 3.05) is 6.61 Å². The molecule has 3 nitrogen and oxygen atoms in total. The van der Waals surface area contributed by atoms with Gasteiger partial charge in [-0.2, -0.15) is 0 Å². The van der Waals surface area contributed by atoms with E-state index in [1.807, 2.05) is 0 Å². The van der Waals surface area contributed by atoms with E-state index in [-0.39, 0.29) is 11.9 Å². The molecule has 14 heavy (non-hydrogen) atoms. The Bertz CT molecular complexity index is 313. The fourth-order valence-electron chi connectivity index (χ4n) is 2.39. The summed E-state index contributed by atoms with van der Waals surface area (Å²) in [7, 11) is 0. The van der Waals surface area contributed by atoms with Crippen LogP contribution in [0, 0.1) is 17.8 Å². The van der Waals surface area contributed by atoms with Crippen LogP contribution in [0.5, 0.6) is 0 Å². The molecule has 3 atom stereocenters. The molecule has 0 bridgehead atoms. The molecule has 2 fully saturated rings. The summed E-state index contributed by atoms with van der Waals surface area (Å²) >= 11 is 0. The average molecular weight is 194 g/mol. The number of carbonyl (C=O) groups excluding carboxylic acids is 1. The van der Waals surface area contributed by atoms with E-state index in [1.54, 1.807) is 6.92 Å². The zero-order chi connectivity index (χ0) is 10.4. The van der Waals surface area contributed by atoms with Crippen LogP contribution >= 0.6 is 0 Å². The molecule has 0 spiro atoms. The number of rotatable bonds is 2. The second-order valence-electron chi connectivity index (χ2n) is 4.38. The summed E-state index contributed by atoms with van der Waals surface area (Å²) in [4.78, 5) is 11.7. The van der Waals surface area contributed by atoms with Gasteiger partial charge in [0.1, 0.15) is 17.5 Å². The van der Waals surface area contributed by atoms with E-state index in [1.165, 1.54) is 0 Å². The third-order valence-electron chi connectivity index (χ3n) is 3.63. The summed E-state index contributed by atoms with van der Waals surface area (Å²) in [6.45, 7) is 2.30. The van der Waals surface area contributed by atoms with Gasteiger partial charge >= 0.3 is 0 Å². The van der Waals surface area contributed by atoms with Gasteiger partial charge in [-0.15, -0.1) is 12.3 Å². The van der Waals surface area contributed by atoms with Gasteiger partial charge in [-0.05, 0) is 13.3 Å². The smallest absolute Gasteiger partial charge is 0.142 e. The van der Waals surface area contributed by atoms with Crippen molar-refractivity contribution < 1.29 is 14.6 Å². The first-order valence-corrected chi connectivity index (χ1v) is 4.85. The molecule has 1 aliphatic carbocycles. The van der Waals surface area contributed by atoms with E-state index in [0.29, 0.717) is 25.9 Å². The molecule has 1 saturated heterocycles. The molecule has 0 aromatic heterocycles. The van der Waals surface area contributed by atoms with Gasteiger partial charge in [0.25, 0.3) is 0 Å². The van der Waals surface area contributed by atoms with Gasteiger partial charge < -0.3 is 9.84 Å². The van der Waals surface area contributed by atoms with E-state index in [0.717, 1.165) is 0 Å². The minimum Gasteiger partial charge on any atom is -0.386 e. The summed E-state index contributed by atoms with van der Waals surface area (Å²) < 4.78 is 5.11. The topological polar surface area (TPSA) is 49.8 Å². The van der Waals surface area contributed by atoms with Crippen molar-refractivity contribution in [3.8, 4) is 12.3 Å². The highest BCUT2D eigenvalue weighted by atomic mass is 16.6. The SMILES string of the molecule is C#CC[C@]1(C)C(=O)CC[C@@]1(O)[C@H]1CO1. The Labute approximate surface area is 83.4 Å². The van der Waals surface area contributed by atoms with Crippen molar-refractivity contribution in [3.63, 3.8) is 0 Å². The van der Waals surface area contributed by atoms with Crippen molar-refractivity contribution >= 4 is 5.78 Å². The molecule has 1 N–H and O–H groups in total. The predicted octanol–water partition coefficient (Wildman–Crippen LogP) is 0.509. The van der Waals surface area contributed by atoms with E-state index in [4.69, 9.17) is 11.2 Å². The molecule has 0 aromatic rings.